The van der Waals surface area contributed by atoms with E-state index in [4.69, 9.17) is 0 Å². The number of hydrogen-bond donors (Lipinski definition) is 2. The predicted octanol–water partition coefficient (Wildman–Crippen LogP) is 2.46. The van der Waals surface area contributed by atoms with E-state index in [1.807, 2.05) is 30.3 Å². The molecule has 4 amide bonds. The summed E-state index contributed by atoms with van der Waals surface area (Å²) >= 11 is 0. The first-order valence-corrected chi connectivity index (χ1v) is 8.34. The van der Waals surface area contributed by atoms with Gasteiger partial charge in [0.05, 0.1) is 0 Å². The lowest BCUT2D eigenvalue weighted by Crippen LogP contribution is -2.38. The molecule has 27 heavy (non-hydrogen) atoms. The molecule has 1 fully saturated rings. The molecular formula is C19H17F2N3O3. The fourth-order valence-electron chi connectivity index (χ4n) is 2.85. The number of imide groups is 1. The molecule has 0 radical (unpaired) electrons. The number of rotatable bonds is 6. The number of benzene rings is 2. The maximum Gasteiger partial charge on any atom is 0.325 e. The van der Waals surface area contributed by atoms with Gasteiger partial charge in [-0.05, 0) is 30.5 Å². The number of carbonyl (C=O) groups excluding carboxylic acids is 3. The Morgan fingerprint density at radius 1 is 1.07 bits per heavy atom. The zero-order valence-electron chi connectivity index (χ0n) is 14.2. The van der Waals surface area contributed by atoms with Crippen molar-refractivity contribution in [3.63, 3.8) is 0 Å². The molecule has 0 aromatic heterocycles. The molecule has 0 spiro atoms. The van der Waals surface area contributed by atoms with E-state index in [0.29, 0.717) is 18.9 Å². The Kier molecular flexibility index (Phi) is 5.44. The summed E-state index contributed by atoms with van der Waals surface area (Å²) in [5, 5.41) is 4.82. The summed E-state index contributed by atoms with van der Waals surface area (Å²) in [5.41, 5.74) is 0.939. The van der Waals surface area contributed by atoms with E-state index in [1.165, 1.54) is 0 Å². The van der Waals surface area contributed by atoms with Crippen LogP contribution in [0.4, 0.5) is 19.3 Å². The number of amides is 4. The number of nitrogens with one attached hydrogen (secondary N) is 2. The molecule has 1 saturated heterocycles. The Labute approximate surface area is 154 Å². The van der Waals surface area contributed by atoms with Crippen LogP contribution >= 0.6 is 0 Å². The molecule has 0 bridgehead atoms. The molecule has 8 heteroatoms. The van der Waals surface area contributed by atoms with E-state index in [2.05, 4.69) is 10.6 Å². The van der Waals surface area contributed by atoms with Gasteiger partial charge in [-0.2, -0.15) is 0 Å². The number of nitrogens with zero attached hydrogens (tertiary/aromatic N) is 1. The van der Waals surface area contributed by atoms with E-state index < -0.39 is 42.1 Å². The number of aryl methyl sites for hydroxylation is 1. The van der Waals surface area contributed by atoms with Crippen molar-refractivity contribution in [1.82, 2.24) is 10.2 Å². The fourth-order valence-corrected chi connectivity index (χ4v) is 2.85. The van der Waals surface area contributed by atoms with Crippen molar-refractivity contribution < 1.29 is 23.2 Å². The van der Waals surface area contributed by atoms with Crippen LogP contribution in [0.5, 0.6) is 0 Å². The molecule has 140 valence electrons. The van der Waals surface area contributed by atoms with Crippen LogP contribution in [0.1, 0.15) is 12.0 Å². The highest BCUT2D eigenvalue weighted by atomic mass is 19.1. The van der Waals surface area contributed by atoms with Crippen molar-refractivity contribution in [2.24, 2.45) is 0 Å². The largest absolute Gasteiger partial charge is 0.326 e. The molecule has 1 aliphatic rings. The van der Waals surface area contributed by atoms with Gasteiger partial charge in [-0.1, -0.05) is 30.3 Å². The van der Waals surface area contributed by atoms with Crippen LogP contribution in [0.3, 0.4) is 0 Å². The normalized spacial score (nSPS) is 16.4. The lowest BCUT2D eigenvalue weighted by atomic mass is 10.1. The van der Waals surface area contributed by atoms with Crippen molar-refractivity contribution in [2.45, 2.75) is 18.9 Å². The molecule has 1 aliphatic heterocycles. The zero-order chi connectivity index (χ0) is 19.4. The Bertz CT molecular complexity index is 854. The number of anilines is 1. The minimum atomic E-state index is -0.846. The highest BCUT2D eigenvalue weighted by Gasteiger charge is 2.38. The molecule has 2 aromatic carbocycles. The third kappa shape index (κ3) is 4.66. The van der Waals surface area contributed by atoms with E-state index >= 15 is 0 Å². The zero-order valence-corrected chi connectivity index (χ0v) is 14.2. The summed E-state index contributed by atoms with van der Waals surface area (Å²) < 4.78 is 26.3. The quantitative estimate of drug-likeness (QED) is 0.764. The van der Waals surface area contributed by atoms with Gasteiger partial charge in [0, 0.05) is 11.8 Å². The molecule has 0 unspecified atom stereocenters. The Morgan fingerprint density at radius 3 is 2.41 bits per heavy atom. The minimum Gasteiger partial charge on any atom is -0.326 e. The summed E-state index contributed by atoms with van der Waals surface area (Å²) in [7, 11) is 0. The third-order valence-electron chi connectivity index (χ3n) is 4.12. The third-order valence-corrected chi connectivity index (χ3v) is 4.12. The first kappa shape index (κ1) is 18.5. The molecule has 2 aromatic rings. The van der Waals surface area contributed by atoms with E-state index in [1.54, 1.807) is 0 Å². The van der Waals surface area contributed by atoms with Crippen molar-refractivity contribution in [1.29, 1.82) is 0 Å². The van der Waals surface area contributed by atoms with Crippen LogP contribution in [0.2, 0.25) is 0 Å². The number of urea groups is 1. The van der Waals surface area contributed by atoms with Crippen molar-refractivity contribution in [3.05, 3.63) is 65.7 Å². The molecule has 6 nitrogen and oxygen atoms in total. The van der Waals surface area contributed by atoms with Crippen molar-refractivity contribution >= 4 is 23.5 Å². The van der Waals surface area contributed by atoms with Gasteiger partial charge in [0.25, 0.3) is 5.91 Å². The van der Waals surface area contributed by atoms with Gasteiger partial charge in [0.2, 0.25) is 5.91 Å². The van der Waals surface area contributed by atoms with Crippen LogP contribution in [-0.4, -0.2) is 35.3 Å². The maximum absolute atomic E-state index is 13.2. The number of carbonyl (C=O) groups is 3. The highest BCUT2D eigenvalue weighted by Crippen LogP contribution is 2.15. The average Bonchev–Trinajstić information content (AvgIpc) is 2.87. The second-order valence-electron chi connectivity index (χ2n) is 6.16. The summed E-state index contributed by atoms with van der Waals surface area (Å²) in [6.07, 6.45) is 1.00. The van der Waals surface area contributed by atoms with E-state index in [-0.39, 0.29) is 5.69 Å². The van der Waals surface area contributed by atoms with Gasteiger partial charge in [0.15, 0.2) is 0 Å². The van der Waals surface area contributed by atoms with Crippen molar-refractivity contribution in [2.75, 3.05) is 11.9 Å². The smallest absolute Gasteiger partial charge is 0.325 e. The van der Waals surface area contributed by atoms with Gasteiger partial charge >= 0.3 is 6.03 Å². The van der Waals surface area contributed by atoms with Crippen LogP contribution in [-0.2, 0) is 16.0 Å². The SMILES string of the molecule is O=C(CN1C(=O)N[C@@H](CCc2ccccc2)C1=O)Nc1cc(F)cc(F)c1. The van der Waals surface area contributed by atoms with Gasteiger partial charge in [-0.25, -0.2) is 13.6 Å². The van der Waals surface area contributed by atoms with Crippen LogP contribution < -0.4 is 10.6 Å². The van der Waals surface area contributed by atoms with Gasteiger partial charge in [-0.3, -0.25) is 14.5 Å². The molecule has 2 N–H and O–H groups in total. The molecular weight excluding hydrogens is 356 g/mol. The molecule has 0 saturated carbocycles. The van der Waals surface area contributed by atoms with Crippen molar-refractivity contribution in [3.8, 4) is 0 Å². The number of hydrogen-bond acceptors (Lipinski definition) is 3. The summed E-state index contributed by atoms with van der Waals surface area (Å²) in [6, 6.07) is 10.7. The maximum atomic E-state index is 13.2. The Hall–Kier alpha value is -3.29. The lowest BCUT2D eigenvalue weighted by Gasteiger charge is -2.13. The highest BCUT2D eigenvalue weighted by molar-refractivity contribution is 6.07. The van der Waals surface area contributed by atoms with E-state index in [0.717, 1.165) is 22.6 Å². The van der Waals surface area contributed by atoms with Gasteiger partial charge in [-0.15, -0.1) is 0 Å². The summed E-state index contributed by atoms with van der Waals surface area (Å²) in [6.45, 7) is -0.537. The van der Waals surface area contributed by atoms with Crippen LogP contribution in [0.15, 0.2) is 48.5 Å². The summed E-state index contributed by atoms with van der Waals surface area (Å²) in [4.78, 5) is 37.2. The predicted molar refractivity (Wildman–Crippen MR) is 93.8 cm³/mol. The topological polar surface area (TPSA) is 78.5 Å². The number of halogens is 2. The molecule has 1 atom stereocenters. The second kappa shape index (κ2) is 7.94. The summed E-state index contributed by atoms with van der Waals surface area (Å²) in [5.74, 6) is -2.92. The monoisotopic (exact) mass is 373 g/mol. The Balaban J connectivity index is 1.57. The second-order valence-corrected chi connectivity index (χ2v) is 6.16. The average molecular weight is 373 g/mol. The first-order chi connectivity index (χ1) is 12.9. The first-order valence-electron chi connectivity index (χ1n) is 8.34. The van der Waals surface area contributed by atoms with Crippen LogP contribution in [0.25, 0.3) is 0 Å². The van der Waals surface area contributed by atoms with Gasteiger partial charge in [0.1, 0.15) is 24.2 Å². The standard InChI is InChI=1S/C19H17F2N3O3/c20-13-8-14(21)10-15(9-13)22-17(25)11-24-18(26)16(23-19(24)27)7-6-12-4-2-1-3-5-12/h1-5,8-10,16H,6-7,11H2,(H,22,25)(H,23,27)/t16-/m0/s1. The molecule has 1 heterocycles. The molecule has 0 aliphatic carbocycles. The fraction of sp³-hybridized carbons (Fsp3) is 0.211. The lowest BCUT2D eigenvalue weighted by molar-refractivity contribution is -0.130. The molecule has 3 rings (SSSR count). The Morgan fingerprint density at radius 2 is 1.74 bits per heavy atom. The van der Waals surface area contributed by atoms with Crippen LogP contribution in [0, 0.1) is 11.6 Å². The van der Waals surface area contributed by atoms with Gasteiger partial charge < -0.3 is 10.6 Å². The van der Waals surface area contributed by atoms with E-state index in [9.17, 15) is 23.2 Å². The minimum absolute atomic E-state index is 0.0924.